The minimum absolute atomic E-state index is 0.00260. The van der Waals surface area contributed by atoms with Crippen molar-refractivity contribution >= 4 is 36.4 Å². The highest BCUT2D eigenvalue weighted by molar-refractivity contribution is 6.91. The van der Waals surface area contributed by atoms with Crippen LogP contribution in [0.2, 0.25) is 18.6 Å². The van der Waals surface area contributed by atoms with E-state index in [0.29, 0.717) is 38.3 Å². The van der Waals surface area contributed by atoms with E-state index in [1.165, 1.54) is 5.19 Å². The van der Waals surface area contributed by atoms with E-state index in [1.54, 1.807) is 7.11 Å². The van der Waals surface area contributed by atoms with E-state index in [1.807, 2.05) is 112 Å². The first-order valence-corrected chi connectivity index (χ1v) is 22.6. The molecule has 1 aromatic heterocycles. The number of carbonyl (C=O) groups is 2. The minimum atomic E-state index is -2.41. The van der Waals surface area contributed by atoms with Gasteiger partial charge in [0.2, 0.25) is 5.91 Å². The number of carbonyl (C=O) groups excluding carboxylic acids is 2. The van der Waals surface area contributed by atoms with Crippen LogP contribution in [0.4, 0.5) is 11.4 Å². The van der Waals surface area contributed by atoms with Crippen LogP contribution in [0.5, 0.6) is 5.75 Å². The van der Waals surface area contributed by atoms with Gasteiger partial charge in [0, 0.05) is 43.0 Å². The number of aromatic nitrogens is 3. The van der Waals surface area contributed by atoms with Crippen LogP contribution >= 0.6 is 0 Å². The molecule has 0 bridgehead atoms. The Kier molecular flexibility index (Phi) is 10.4. The number of aliphatic hydroxyl groups is 1. The van der Waals surface area contributed by atoms with Gasteiger partial charge in [-0.15, -0.1) is 5.10 Å². The number of piperazine rings is 1. The molecule has 4 heterocycles. The molecule has 290 valence electrons. The molecular formula is C44H50N6O5Si. The summed E-state index contributed by atoms with van der Waals surface area (Å²) in [6, 6.07) is 34.3. The highest BCUT2D eigenvalue weighted by atomic mass is 28.3. The number of aliphatic hydroxyl groups excluding tert-OH is 1. The van der Waals surface area contributed by atoms with Gasteiger partial charge in [0.15, 0.2) is 5.60 Å². The Morgan fingerprint density at radius 1 is 1.00 bits per heavy atom. The van der Waals surface area contributed by atoms with E-state index in [-0.39, 0.29) is 48.4 Å². The van der Waals surface area contributed by atoms with E-state index in [9.17, 15) is 9.90 Å². The summed E-state index contributed by atoms with van der Waals surface area (Å²) in [4.78, 5) is 32.2. The largest absolute Gasteiger partial charge is 0.497 e. The number of rotatable bonds is 12. The van der Waals surface area contributed by atoms with Gasteiger partial charge in [0.1, 0.15) is 5.75 Å². The van der Waals surface area contributed by atoms with Crippen LogP contribution in [-0.2, 0) is 33.0 Å². The van der Waals surface area contributed by atoms with Crippen molar-refractivity contribution in [2.24, 2.45) is 5.92 Å². The number of nitrogens with zero attached hydrogens (tertiary/aromatic N) is 5. The Morgan fingerprint density at radius 2 is 1.73 bits per heavy atom. The van der Waals surface area contributed by atoms with Crippen molar-refractivity contribution in [3.05, 3.63) is 132 Å². The zero-order valence-corrected chi connectivity index (χ0v) is 33.5. The zero-order chi connectivity index (χ0) is 39.0. The lowest BCUT2D eigenvalue weighted by atomic mass is 9.82. The maximum absolute atomic E-state index is 15.4. The Hall–Kier alpha value is -5.14. The van der Waals surface area contributed by atoms with Gasteiger partial charge in [-0.1, -0.05) is 103 Å². The van der Waals surface area contributed by atoms with Crippen LogP contribution in [0.1, 0.15) is 41.6 Å². The Morgan fingerprint density at radius 3 is 2.43 bits per heavy atom. The van der Waals surface area contributed by atoms with Crippen molar-refractivity contribution in [1.29, 1.82) is 0 Å². The highest BCUT2D eigenvalue weighted by Crippen LogP contribution is 2.60. The lowest BCUT2D eigenvalue weighted by Gasteiger charge is -2.37. The second kappa shape index (κ2) is 15.4. The lowest BCUT2D eigenvalue weighted by molar-refractivity contribution is -0.146. The maximum Gasteiger partial charge on any atom is 0.264 e. The molecule has 0 radical (unpaired) electrons. The van der Waals surface area contributed by atoms with E-state index in [2.05, 4.69) is 47.8 Å². The molecule has 56 heavy (non-hydrogen) atoms. The second-order valence-electron chi connectivity index (χ2n) is 15.8. The number of aryl methyl sites for hydroxylation is 1. The summed E-state index contributed by atoms with van der Waals surface area (Å²) in [5.41, 5.74) is 3.86. The molecule has 5 aromatic rings. The first-order valence-electron chi connectivity index (χ1n) is 19.6. The number of ether oxygens (including phenoxy) is 2. The summed E-state index contributed by atoms with van der Waals surface area (Å²) >= 11 is 0. The summed E-state index contributed by atoms with van der Waals surface area (Å²) in [6.07, 6.45) is 2.21. The zero-order valence-electron chi connectivity index (χ0n) is 32.5. The molecular weight excluding hydrogens is 721 g/mol. The summed E-state index contributed by atoms with van der Waals surface area (Å²) in [5.74, 6) is 0.233. The molecule has 11 nitrogen and oxygen atoms in total. The molecule has 5 atom stereocenters. The fraction of sp³-hybridized carbons (Fsp3) is 0.364. The molecule has 2 N–H and O–H groups in total. The smallest absolute Gasteiger partial charge is 0.264 e. The standard InChI is InChI=1S/C44H50N6O5Si/c1-30-42(56(3,4)35-18-16-34(54-2)17-19-35)40(21-23-48-28-38(46-47-48)36(29-51)32-13-9-6-10-14-32)55-44(30)37-25-33(49-24-22-45-26-41(49)52)15-20-39(37)50(43(44)53)27-31-11-7-5-8-12-31/h5-20,25,28,30,36,40,42,45,51H,21-24,26-27,29H2,1-4H3/t30-,36?,40+,42-,44+/m0/s1. The van der Waals surface area contributed by atoms with Gasteiger partial charge in [0.05, 0.1) is 58.3 Å². The molecule has 3 aliphatic rings. The first-order chi connectivity index (χ1) is 27.1. The molecule has 1 spiro atoms. The van der Waals surface area contributed by atoms with Crippen LogP contribution in [-0.4, -0.2) is 79.4 Å². The third-order valence-corrected chi connectivity index (χ3v) is 16.7. The average Bonchev–Trinajstić information content (AvgIpc) is 3.88. The van der Waals surface area contributed by atoms with E-state index in [0.717, 1.165) is 33.8 Å². The van der Waals surface area contributed by atoms with Gasteiger partial charge in [-0.2, -0.15) is 0 Å². The van der Waals surface area contributed by atoms with Crippen LogP contribution < -0.4 is 25.0 Å². The first kappa shape index (κ1) is 37.8. The number of hydrogen-bond acceptors (Lipinski definition) is 8. The van der Waals surface area contributed by atoms with Gasteiger partial charge in [-0.3, -0.25) is 14.3 Å². The van der Waals surface area contributed by atoms with Gasteiger partial charge >= 0.3 is 0 Å². The number of methoxy groups -OCH3 is 1. The van der Waals surface area contributed by atoms with Crippen molar-refractivity contribution in [1.82, 2.24) is 20.3 Å². The highest BCUT2D eigenvalue weighted by Gasteiger charge is 2.66. The Balaban J connectivity index is 1.19. The van der Waals surface area contributed by atoms with Crippen molar-refractivity contribution in [3.8, 4) is 5.75 Å². The molecule has 2 amide bonds. The monoisotopic (exact) mass is 770 g/mol. The maximum atomic E-state index is 15.4. The van der Waals surface area contributed by atoms with Gasteiger partial charge in [-0.05, 0) is 53.4 Å². The van der Waals surface area contributed by atoms with Gasteiger partial charge in [0.25, 0.3) is 5.91 Å². The van der Waals surface area contributed by atoms with E-state index >= 15 is 4.79 Å². The summed E-state index contributed by atoms with van der Waals surface area (Å²) in [7, 11) is -0.733. The van der Waals surface area contributed by atoms with Crippen molar-refractivity contribution < 1.29 is 24.2 Å². The summed E-state index contributed by atoms with van der Waals surface area (Å²) in [5, 5.41) is 23.8. The van der Waals surface area contributed by atoms with Crippen molar-refractivity contribution in [2.75, 3.05) is 43.2 Å². The quantitative estimate of drug-likeness (QED) is 0.166. The minimum Gasteiger partial charge on any atom is -0.497 e. The number of amides is 2. The number of benzene rings is 4. The predicted octanol–water partition coefficient (Wildman–Crippen LogP) is 5.20. The van der Waals surface area contributed by atoms with Gasteiger partial charge in [-0.25, -0.2) is 0 Å². The van der Waals surface area contributed by atoms with Crippen LogP contribution in [0, 0.1) is 5.92 Å². The molecule has 0 aliphatic carbocycles. The third kappa shape index (κ3) is 6.64. The molecule has 0 saturated carbocycles. The Bertz CT molecular complexity index is 2180. The number of fused-ring (bicyclic) bond motifs is 2. The van der Waals surface area contributed by atoms with E-state index < -0.39 is 13.7 Å². The van der Waals surface area contributed by atoms with E-state index in [4.69, 9.17) is 9.47 Å². The second-order valence-corrected chi connectivity index (χ2v) is 20.5. The summed E-state index contributed by atoms with van der Waals surface area (Å²) in [6.45, 7) is 9.30. The van der Waals surface area contributed by atoms with Crippen molar-refractivity contribution in [3.63, 3.8) is 0 Å². The third-order valence-electron chi connectivity index (χ3n) is 12.3. The lowest BCUT2D eigenvalue weighted by Crippen LogP contribution is -2.52. The van der Waals surface area contributed by atoms with Crippen LogP contribution in [0.3, 0.4) is 0 Å². The fourth-order valence-electron chi connectivity index (χ4n) is 9.44. The fourth-order valence-corrected chi connectivity index (χ4v) is 13.5. The summed E-state index contributed by atoms with van der Waals surface area (Å²) < 4.78 is 14.8. The SMILES string of the molecule is COc1ccc([Si](C)(C)[C@@H]2[C@@H](CCn3cc(C(CO)c4ccccc4)nn3)O[C@]3(C(=O)N(Cc4ccccc4)c4ccc(N5CCNCC5=O)cc43)[C@H]2C)cc1. The van der Waals surface area contributed by atoms with Crippen LogP contribution in [0.15, 0.2) is 109 Å². The van der Waals surface area contributed by atoms with Crippen molar-refractivity contribution in [2.45, 2.75) is 62.7 Å². The molecule has 8 rings (SSSR count). The average molecular weight is 771 g/mol. The number of anilines is 2. The molecule has 1 unspecified atom stereocenters. The topological polar surface area (TPSA) is 122 Å². The number of hydrogen-bond donors (Lipinski definition) is 2. The molecule has 12 heteroatoms. The molecule has 3 aliphatic heterocycles. The predicted molar refractivity (Wildman–Crippen MR) is 219 cm³/mol. The van der Waals surface area contributed by atoms with Gasteiger partial charge < -0.3 is 29.7 Å². The normalized spacial score (nSPS) is 22.8. The molecule has 2 fully saturated rings. The Labute approximate surface area is 329 Å². The number of nitrogens with one attached hydrogen (secondary N) is 1. The molecule has 2 saturated heterocycles. The van der Waals surface area contributed by atoms with Crippen LogP contribution in [0.25, 0.3) is 0 Å². The molecule has 4 aromatic carbocycles.